The van der Waals surface area contributed by atoms with Crippen LogP contribution in [0.4, 0.5) is 0 Å². The maximum Gasteiger partial charge on any atom is 0.159 e. The van der Waals surface area contributed by atoms with E-state index in [0.29, 0.717) is 0 Å². The number of hydrogen-bond acceptors (Lipinski definition) is 4. The maximum atomic E-state index is 5.32. The number of aromatic nitrogens is 1. The second-order valence-electron chi connectivity index (χ2n) is 3.02. The summed E-state index contributed by atoms with van der Waals surface area (Å²) in [5, 5.41) is 1.96. The summed E-state index contributed by atoms with van der Waals surface area (Å²) < 4.78 is 11.5. The van der Waals surface area contributed by atoms with Crippen molar-refractivity contribution in [2.75, 3.05) is 14.2 Å². The lowest BCUT2D eigenvalue weighted by atomic mass is 10.1. The molecule has 1 aromatic heterocycles. The van der Waals surface area contributed by atoms with E-state index in [-0.39, 0.29) is 0 Å². The first-order chi connectivity index (χ1) is 7.76. The summed E-state index contributed by atoms with van der Waals surface area (Å²) in [5.74, 6) is 1.52. The molecule has 3 nitrogen and oxygen atoms in total. The third-order valence-electron chi connectivity index (χ3n) is 2.16. The number of hydrogen-bond donors (Lipinski definition) is 0. The highest BCUT2D eigenvalue weighted by Crippen LogP contribution is 2.39. The van der Waals surface area contributed by atoms with Crippen molar-refractivity contribution >= 4 is 27.3 Å². The molecule has 0 aliphatic heterocycles. The summed E-state index contributed by atoms with van der Waals surface area (Å²) in [6, 6.07) is 5.68. The zero-order chi connectivity index (χ0) is 11.5. The molecule has 0 saturated carbocycles. The first-order valence-corrected chi connectivity index (χ1v) is 6.26. The van der Waals surface area contributed by atoms with Gasteiger partial charge in [0.25, 0.3) is 0 Å². The number of nitrogens with zero attached hydrogens (tertiary/aromatic N) is 1. The second kappa shape index (κ2) is 4.84. The topological polar surface area (TPSA) is 31.4 Å². The average Bonchev–Trinajstić information content (AvgIpc) is 2.74. The highest BCUT2D eigenvalue weighted by atomic mass is 79.9. The highest BCUT2D eigenvalue weighted by molar-refractivity contribution is 9.11. The molecule has 0 saturated heterocycles. The van der Waals surface area contributed by atoms with E-state index in [2.05, 4.69) is 20.9 Å². The van der Waals surface area contributed by atoms with Crippen LogP contribution in [0.15, 0.2) is 27.5 Å². The normalized spacial score (nSPS) is 10.2. The van der Waals surface area contributed by atoms with Crippen molar-refractivity contribution in [3.05, 3.63) is 27.5 Å². The Morgan fingerprint density at radius 3 is 2.25 bits per heavy atom. The van der Waals surface area contributed by atoms with E-state index in [1.54, 1.807) is 14.2 Å². The molecule has 2 rings (SSSR count). The van der Waals surface area contributed by atoms with Crippen molar-refractivity contribution in [1.82, 2.24) is 4.98 Å². The van der Waals surface area contributed by atoms with E-state index < -0.39 is 0 Å². The van der Waals surface area contributed by atoms with Crippen molar-refractivity contribution in [2.24, 2.45) is 0 Å². The van der Waals surface area contributed by atoms with Gasteiger partial charge in [-0.2, -0.15) is 0 Å². The molecule has 0 atom stereocenters. The Morgan fingerprint density at radius 1 is 1.19 bits per heavy atom. The van der Waals surface area contributed by atoms with Crippen LogP contribution >= 0.6 is 27.3 Å². The SMILES string of the molecule is COc1cccc(OC)c1-c1csc(Br)n1. The predicted octanol–water partition coefficient (Wildman–Crippen LogP) is 3.59. The fourth-order valence-corrected chi connectivity index (χ4v) is 2.47. The number of halogens is 1. The van der Waals surface area contributed by atoms with E-state index in [1.807, 2.05) is 23.6 Å². The number of methoxy groups -OCH3 is 2. The van der Waals surface area contributed by atoms with Crippen molar-refractivity contribution in [1.29, 1.82) is 0 Å². The van der Waals surface area contributed by atoms with Crippen LogP contribution in [0.5, 0.6) is 11.5 Å². The maximum absolute atomic E-state index is 5.32. The first-order valence-electron chi connectivity index (χ1n) is 4.58. The lowest BCUT2D eigenvalue weighted by molar-refractivity contribution is 0.397. The van der Waals surface area contributed by atoms with Gasteiger partial charge in [0.2, 0.25) is 0 Å². The summed E-state index contributed by atoms with van der Waals surface area (Å²) in [6.07, 6.45) is 0. The molecule has 84 valence electrons. The van der Waals surface area contributed by atoms with Crippen LogP contribution in [0, 0.1) is 0 Å². The molecule has 0 bridgehead atoms. The Balaban J connectivity index is 2.60. The van der Waals surface area contributed by atoms with Gasteiger partial charge >= 0.3 is 0 Å². The molecule has 2 aromatic rings. The molecule has 0 N–H and O–H groups in total. The molecule has 0 aliphatic carbocycles. The van der Waals surface area contributed by atoms with Crippen molar-refractivity contribution in [3.63, 3.8) is 0 Å². The van der Waals surface area contributed by atoms with Gasteiger partial charge in [0.1, 0.15) is 11.5 Å². The van der Waals surface area contributed by atoms with Gasteiger partial charge in [-0.25, -0.2) is 4.98 Å². The Morgan fingerprint density at radius 2 is 1.81 bits per heavy atom. The van der Waals surface area contributed by atoms with Gasteiger partial charge in [0.05, 0.1) is 25.5 Å². The van der Waals surface area contributed by atoms with E-state index in [4.69, 9.17) is 9.47 Å². The largest absolute Gasteiger partial charge is 0.496 e. The summed E-state index contributed by atoms with van der Waals surface area (Å²) in [6.45, 7) is 0. The number of ether oxygens (including phenoxy) is 2. The zero-order valence-electron chi connectivity index (χ0n) is 8.86. The molecule has 5 heteroatoms. The summed E-state index contributed by atoms with van der Waals surface area (Å²) >= 11 is 4.88. The molecule has 1 aromatic carbocycles. The first kappa shape index (κ1) is 11.4. The third kappa shape index (κ3) is 2.05. The minimum Gasteiger partial charge on any atom is -0.496 e. The molecule has 16 heavy (non-hydrogen) atoms. The molecule has 0 fully saturated rings. The van der Waals surface area contributed by atoms with Gasteiger partial charge in [-0.15, -0.1) is 11.3 Å². The number of thiazole rings is 1. The van der Waals surface area contributed by atoms with Gasteiger partial charge in [-0.1, -0.05) is 6.07 Å². The van der Waals surface area contributed by atoms with E-state index in [9.17, 15) is 0 Å². The minimum absolute atomic E-state index is 0.761. The summed E-state index contributed by atoms with van der Waals surface area (Å²) in [7, 11) is 3.28. The van der Waals surface area contributed by atoms with Crippen molar-refractivity contribution in [2.45, 2.75) is 0 Å². The molecule has 0 unspecified atom stereocenters. The van der Waals surface area contributed by atoms with Crippen LogP contribution < -0.4 is 9.47 Å². The molecule has 0 aliphatic rings. The Bertz CT molecular complexity index is 476. The summed E-state index contributed by atoms with van der Waals surface area (Å²) in [5.41, 5.74) is 1.74. The molecule has 0 amide bonds. The standard InChI is InChI=1S/C11H10BrNO2S/c1-14-8-4-3-5-9(15-2)10(8)7-6-16-11(12)13-7/h3-6H,1-2H3. The lowest BCUT2D eigenvalue weighted by Crippen LogP contribution is -1.92. The Labute approximate surface area is 106 Å². The molecule has 0 spiro atoms. The van der Waals surface area contributed by atoms with Crippen LogP contribution in [0.3, 0.4) is 0 Å². The van der Waals surface area contributed by atoms with E-state index in [1.165, 1.54) is 11.3 Å². The van der Waals surface area contributed by atoms with Gasteiger partial charge in [-0.3, -0.25) is 0 Å². The fraction of sp³-hybridized carbons (Fsp3) is 0.182. The van der Waals surface area contributed by atoms with Gasteiger partial charge in [0.15, 0.2) is 3.92 Å². The quantitative estimate of drug-likeness (QED) is 0.868. The Kier molecular flexibility index (Phi) is 3.46. The van der Waals surface area contributed by atoms with Crippen LogP contribution in [0.1, 0.15) is 0 Å². The van der Waals surface area contributed by atoms with Crippen molar-refractivity contribution in [3.8, 4) is 22.8 Å². The monoisotopic (exact) mass is 299 g/mol. The molecular weight excluding hydrogens is 290 g/mol. The van der Waals surface area contributed by atoms with Crippen LogP contribution in [0.2, 0.25) is 0 Å². The predicted molar refractivity (Wildman–Crippen MR) is 68.4 cm³/mol. The van der Waals surface area contributed by atoms with Crippen molar-refractivity contribution < 1.29 is 9.47 Å². The second-order valence-corrected chi connectivity index (χ2v) is 5.16. The molecule has 1 heterocycles. The third-order valence-corrected chi connectivity index (χ3v) is 3.53. The fourth-order valence-electron chi connectivity index (χ4n) is 1.47. The average molecular weight is 300 g/mol. The zero-order valence-corrected chi connectivity index (χ0v) is 11.3. The summed E-state index contributed by atoms with van der Waals surface area (Å²) in [4.78, 5) is 4.37. The number of rotatable bonds is 3. The molecular formula is C11H10BrNO2S. The van der Waals surface area contributed by atoms with Crippen LogP contribution in [0.25, 0.3) is 11.3 Å². The lowest BCUT2D eigenvalue weighted by Gasteiger charge is -2.10. The molecule has 0 radical (unpaired) electrons. The van der Waals surface area contributed by atoms with Gasteiger partial charge in [0, 0.05) is 5.38 Å². The van der Waals surface area contributed by atoms with Gasteiger partial charge < -0.3 is 9.47 Å². The van der Waals surface area contributed by atoms with Crippen LogP contribution in [-0.4, -0.2) is 19.2 Å². The highest BCUT2D eigenvalue weighted by Gasteiger charge is 2.14. The van der Waals surface area contributed by atoms with Crippen LogP contribution in [-0.2, 0) is 0 Å². The van der Waals surface area contributed by atoms with E-state index >= 15 is 0 Å². The Hall–Kier alpha value is -1.07. The smallest absolute Gasteiger partial charge is 0.159 e. The van der Waals surface area contributed by atoms with Gasteiger partial charge in [-0.05, 0) is 28.1 Å². The van der Waals surface area contributed by atoms with E-state index in [0.717, 1.165) is 26.7 Å². The minimum atomic E-state index is 0.761. The number of benzene rings is 1.